The molecular weight excluding hydrogens is 276 g/mol. The highest BCUT2D eigenvalue weighted by Gasteiger charge is 2.27. The van der Waals surface area contributed by atoms with Gasteiger partial charge in [-0.15, -0.1) is 0 Å². The van der Waals surface area contributed by atoms with Gasteiger partial charge in [0.1, 0.15) is 17.3 Å². The number of hydrogen-bond acceptors (Lipinski definition) is 3. The van der Waals surface area contributed by atoms with Crippen molar-refractivity contribution < 1.29 is 13.6 Å². The molecule has 1 saturated heterocycles. The zero-order chi connectivity index (χ0) is 15.4. The van der Waals surface area contributed by atoms with Crippen LogP contribution in [0.2, 0.25) is 0 Å². The topological polar surface area (TPSA) is 44.4 Å². The second kappa shape index (κ2) is 6.95. The summed E-state index contributed by atoms with van der Waals surface area (Å²) < 4.78 is 27.1. The highest BCUT2D eigenvalue weighted by atomic mass is 19.1. The third-order valence-electron chi connectivity index (χ3n) is 4.00. The van der Waals surface area contributed by atoms with Crippen LogP contribution in [0.25, 0.3) is 0 Å². The standard InChI is InChI=1S/C15H21F2N3O/c1-10(20-8-4-5-11(9-20)18-2)15(21)19-14-12(16)6-3-7-13(14)17/h3,6-7,10-11,18H,4-5,8-9H2,1-2H3,(H,19,21). The van der Waals surface area contributed by atoms with Crippen molar-refractivity contribution in [2.75, 3.05) is 25.5 Å². The molecule has 1 heterocycles. The molecule has 1 aromatic carbocycles. The molecule has 116 valence electrons. The molecule has 1 amide bonds. The van der Waals surface area contributed by atoms with E-state index in [1.165, 1.54) is 6.07 Å². The average Bonchev–Trinajstić information content (AvgIpc) is 2.50. The quantitative estimate of drug-likeness (QED) is 0.893. The molecular formula is C15H21F2N3O. The minimum atomic E-state index is -0.762. The Morgan fingerprint density at radius 3 is 2.67 bits per heavy atom. The molecule has 1 fully saturated rings. The largest absolute Gasteiger partial charge is 0.320 e. The minimum absolute atomic E-state index is 0.346. The molecule has 0 spiro atoms. The number of carbonyl (C=O) groups excluding carboxylic acids is 1. The molecule has 1 aliphatic heterocycles. The van der Waals surface area contributed by atoms with Gasteiger partial charge >= 0.3 is 0 Å². The highest BCUT2D eigenvalue weighted by molar-refractivity contribution is 5.94. The van der Waals surface area contributed by atoms with Crippen molar-refractivity contribution in [2.45, 2.75) is 31.8 Å². The van der Waals surface area contributed by atoms with E-state index in [4.69, 9.17) is 0 Å². The lowest BCUT2D eigenvalue weighted by Gasteiger charge is -2.35. The lowest BCUT2D eigenvalue weighted by atomic mass is 10.0. The number of carbonyl (C=O) groups is 1. The monoisotopic (exact) mass is 297 g/mol. The maximum Gasteiger partial charge on any atom is 0.241 e. The van der Waals surface area contributed by atoms with Crippen LogP contribution < -0.4 is 10.6 Å². The Kier molecular flexibility index (Phi) is 5.25. The Labute approximate surface area is 123 Å². The summed E-state index contributed by atoms with van der Waals surface area (Å²) in [5, 5.41) is 5.56. The fourth-order valence-corrected chi connectivity index (χ4v) is 2.60. The zero-order valence-electron chi connectivity index (χ0n) is 12.3. The molecule has 2 rings (SSSR count). The number of halogens is 2. The Balaban J connectivity index is 2.02. The number of benzene rings is 1. The number of hydrogen-bond donors (Lipinski definition) is 2. The molecule has 0 bridgehead atoms. The summed E-state index contributed by atoms with van der Waals surface area (Å²) in [6.45, 7) is 3.32. The molecule has 0 radical (unpaired) electrons. The molecule has 1 aliphatic rings. The summed E-state index contributed by atoms with van der Waals surface area (Å²) in [6, 6.07) is 3.44. The molecule has 0 aliphatic carbocycles. The van der Waals surface area contributed by atoms with Crippen LogP contribution in [0, 0.1) is 11.6 Å². The van der Waals surface area contributed by atoms with Crippen molar-refractivity contribution in [1.82, 2.24) is 10.2 Å². The van der Waals surface area contributed by atoms with Crippen LogP contribution in [-0.2, 0) is 4.79 Å². The van der Waals surface area contributed by atoms with Gasteiger partial charge in [-0.2, -0.15) is 0 Å². The molecule has 1 aromatic rings. The first kappa shape index (κ1) is 15.9. The lowest BCUT2D eigenvalue weighted by molar-refractivity contribution is -0.121. The van der Waals surface area contributed by atoms with E-state index in [1.54, 1.807) is 6.92 Å². The number of nitrogens with one attached hydrogen (secondary N) is 2. The number of rotatable bonds is 4. The van der Waals surface area contributed by atoms with Gasteiger partial charge in [0.15, 0.2) is 0 Å². The molecule has 2 unspecified atom stereocenters. The number of nitrogens with zero attached hydrogens (tertiary/aromatic N) is 1. The van der Waals surface area contributed by atoms with Crippen LogP contribution in [0.1, 0.15) is 19.8 Å². The van der Waals surface area contributed by atoms with Gasteiger partial charge in [-0.3, -0.25) is 9.69 Å². The second-order valence-electron chi connectivity index (χ2n) is 5.38. The predicted molar refractivity (Wildman–Crippen MR) is 78.1 cm³/mol. The molecule has 4 nitrogen and oxygen atoms in total. The van der Waals surface area contributed by atoms with Crippen LogP contribution in [0.15, 0.2) is 18.2 Å². The number of amides is 1. The first-order valence-corrected chi connectivity index (χ1v) is 7.19. The van der Waals surface area contributed by atoms with E-state index in [-0.39, 0.29) is 5.69 Å². The molecule has 6 heteroatoms. The molecule has 0 saturated carbocycles. The normalized spacial score (nSPS) is 21.0. The van der Waals surface area contributed by atoms with Gasteiger partial charge in [0.2, 0.25) is 5.91 Å². The third-order valence-corrected chi connectivity index (χ3v) is 4.00. The summed E-state index contributed by atoms with van der Waals surface area (Å²) >= 11 is 0. The smallest absolute Gasteiger partial charge is 0.241 e. The van der Waals surface area contributed by atoms with Crippen LogP contribution in [0.5, 0.6) is 0 Å². The Bertz CT molecular complexity index is 489. The van der Waals surface area contributed by atoms with E-state index in [2.05, 4.69) is 10.6 Å². The highest BCUT2D eigenvalue weighted by Crippen LogP contribution is 2.19. The van der Waals surface area contributed by atoms with Crippen LogP contribution >= 0.6 is 0 Å². The Hall–Kier alpha value is -1.53. The van der Waals surface area contributed by atoms with Gasteiger partial charge in [0.05, 0.1) is 6.04 Å². The van der Waals surface area contributed by atoms with Gasteiger partial charge in [0.25, 0.3) is 0 Å². The summed E-state index contributed by atoms with van der Waals surface area (Å²) in [5.41, 5.74) is -0.378. The number of likely N-dealkylation sites (N-methyl/N-ethyl adjacent to an activating group) is 1. The van der Waals surface area contributed by atoms with Crippen molar-refractivity contribution in [3.63, 3.8) is 0 Å². The first-order chi connectivity index (χ1) is 10.0. The van der Waals surface area contributed by atoms with E-state index in [0.29, 0.717) is 6.04 Å². The fourth-order valence-electron chi connectivity index (χ4n) is 2.60. The van der Waals surface area contributed by atoms with E-state index in [9.17, 15) is 13.6 Å². The fraction of sp³-hybridized carbons (Fsp3) is 0.533. The summed E-state index contributed by atoms with van der Waals surface area (Å²) in [5.74, 6) is -1.92. The van der Waals surface area contributed by atoms with Crippen molar-refractivity contribution in [2.24, 2.45) is 0 Å². The van der Waals surface area contributed by atoms with E-state index >= 15 is 0 Å². The Morgan fingerprint density at radius 1 is 1.38 bits per heavy atom. The maximum absolute atomic E-state index is 13.6. The van der Waals surface area contributed by atoms with E-state index < -0.39 is 23.6 Å². The van der Waals surface area contributed by atoms with E-state index in [0.717, 1.165) is 38.1 Å². The van der Waals surface area contributed by atoms with E-state index in [1.807, 2.05) is 11.9 Å². The maximum atomic E-state index is 13.6. The third kappa shape index (κ3) is 3.77. The van der Waals surface area contributed by atoms with Gasteiger partial charge in [-0.25, -0.2) is 8.78 Å². The second-order valence-corrected chi connectivity index (χ2v) is 5.38. The molecule has 2 atom stereocenters. The summed E-state index contributed by atoms with van der Waals surface area (Å²) in [6.07, 6.45) is 2.07. The average molecular weight is 297 g/mol. The van der Waals surface area contributed by atoms with Crippen molar-refractivity contribution >= 4 is 11.6 Å². The first-order valence-electron chi connectivity index (χ1n) is 7.19. The molecule has 0 aromatic heterocycles. The molecule has 2 N–H and O–H groups in total. The van der Waals surface area contributed by atoms with Crippen molar-refractivity contribution in [1.29, 1.82) is 0 Å². The summed E-state index contributed by atoms with van der Waals surface area (Å²) in [7, 11) is 1.90. The lowest BCUT2D eigenvalue weighted by Crippen LogP contribution is -2.51. The van der Waals surface area contributed by atoms with Crippen LogP contribution in [0.4, 0.5) is 14.5 Å². The minimum Gasteiger partial charge on any atom is -0.320 e. The number of anilines is 1. The van der Waals surface area contributed by atoms with Crippen molar-refractivity contribution in [3.8, 4) is 0 Å². The summed E-state index contributed by atoms with van der Waals surface area (Å²) in [4.78, 5) is 14.2. The number of likely N-dealkylation sites (tertiary alicyclic amines) is 1. The van der Waals surface area contributed by atoms with Gasteiger partial charge in [-0.05, 0) is 45.5 Å². The Morgan fingerprint density at radius 2 is 2.05 bits per heavy atom. The van der Waals surface area contributed by atoms with Crippen LogP contribution in [0.3, 0.4) is 0 Å². The van der Waals surface area contributed by atoms with Gasteiger partial charge < -0.3 is 10.6 Å². The van der Waals surface area contributed by atoms with Gasteiger partial charge in [-0.1, -0.05) is 6.07 Å². The van der Waals surface area contributed by atoms with Crippen molar-refractivity contribution in [3.05, 3.63) is 29.8 Å². The SMILES string of the molecule is CNC1CCCN(C(C)C(=O)Nc2c(F)cccc2F)C1. The molecule has 21 heavy (non-hydrogen) atoms. The predicted octanol–water partition coefficient (Wildman–Crippen LogP) is 1.98. The number of para-hydroxylation sites is 1. The van der Waals surface area contributed by atoms with Crippen LogP contribution in [-0.4, -0.2) is 43.0 Å². The van der Waals surface area contributed by atoms with Gasteiger partial charge in [0, 0.05) is 12.6 Å². The zero-order valence-corrected chi connectivity index (χ0v) is 12.3. The number of piperidine rings is 1.